The third-order valence-corrected chi connectivity index (χ3v) is 3.98. The monoisotopic (exact) mass is 242 g/mol. The SMILES string of the molecule is CCCCCC(C)(CN)N(CCOC)C1CC1. The first-order chi connectivity index (χ1) is 8.18. The third kappa shape index (κ3) is 4.57. The quantitative estimate of drug-likeness (QED) is 0.598. The molecule has 0 amide bonds. The molecule has 102 valence electrons. The van der Waals surface area contributed by atoms with Gasteiger partial charge in [-0.2, -0.15) is 0 Å². The first-order valence-electron chi connectivity index (χ1n) is 7.13. The number of rotatable bonds is 10. The van der Waals surface area contributed by atoms with E-state index < -0.39 is 0 Å². The smallest absolute Gasteiger partial charge is 0.0590 e. The number of unbranched alkanes of at least 4 members (excludes halogenated alkanes) is 2. The highest BCUT2D eigenvalue weighted by Gasteiger charge is 2.39. The summed E-state index contributed by atoms with van der Waals surface area (Å²) in [6, 6.07) is 0.764. The summed E-state index contributed by atoms with van der Waals surface area (Å²) in [6.45, 7) is 7.19. The summed E-state index contributed by atoms with van der Waals surface area (Å²) in [7, 11) is 1.78. The van der Waals surface area contributed by atoms with Crippen molar-refractivity contribution in [2.24, 2.45) is 5.73 Å². The van der Waals surface area contributed by atoms with Gasteiger partial charge in [-0.1, -0.05) is 26.2 Å². The lowest BCUT2D eigenvalue weighted by atomic mass is 9.92. The van der Waals surface area contributed by atoms with Gasteiger partial charge in [-0.05, 0) is 26.2 Å². The standard InChI is InChI=1S/C14H30N2O/c1-4-5-6-9-14(2,12-15)16(10-11-17-3)13-7-8-13/h13H,4-12,15H2,1-3H3. The van der Waals surface area contributed by atoms with Crippen molar-refractivity contribution in [1.29, 1.82) is 0 Å². The van der Waals surface area contributed by atoms with Gasteiger partial charge in [-0.15, -0.1) is 0 Å². The van der Waals surface area contributed by atoms with Gasteiger partial charge in [0.2, 0.25) is 0 Å². The van der Waals surface area contributed by atoms with Crippen molar-refractivity contribution < 1.29 is 4.74 Å². The van der Waals surface area contributed by atoms with E-state index in [1.807, 2.05) is 0 Å². The second-order valence-electron chi connectivity index (χ2n) is 5.58. The number of hydrogen-bond acceptors (Lipinski definition) is 3. The predicted octanol–water partition coefficient (Wildman–Crippen LogP) is 2.39. The summed E-state index contributed by atoms with van der Waals surface area (Å²) in [4.78, 5) is 2.60. The fourth-order valence-electron chi connectivity index (χ4n) is 2.59. The first-order valence-corrected chi connectivity index (χ1v) is 7.13. The Bertz CT molecular complexity index is 206. The van der Waals surface area contributed by atoms with E-state index in [9.17, 15) is 0 Å². The van der Waals surface area contributed by atoms with Gasteiger partial charge in [0.1, 0.15) is 0 Å². The third-order valence-electron chi connectivity index (χ3n) is 3.98. The Morgan fingerprint density at radius 2 is 2.06 bits per heavy atom. The molecular formula is C14H30N2O. The van der Waals surface area contributed by atoms with Gasteiger partial charge < -0.3 is 10.5 Å². The lowest BCUT2D eigenvalue weighted by molar-refractivity contribution is 0.0562. The molecule has 1 aliphatic rings. The molecule has 0 bridgehead atoms. The van der Waals surface area contributed by atoms with Crippen molar-refractivity contribution in [3.8, 4) is 0 Å². The van der Waals surface area contributed by atoms with Gasteiger partial charge in [0.15, 0.2) is 0 Å². The van der Waals surface area contributed by atoms with Crippen molar-refractivity contribution in [1.82, 2.24) is 4.90 Å². The van der Waals surface area contributed by atoms with Crippen molar-refractivity contribution >= 4 is 0 Å². The van der Waals surface area contributed by atoms with Crippen LogP contribution < -0.4 is 5.73 Å². The predicted molar refractivity (Wildman–Crippen MR) is 73.2 cm³/mol. The maximum Gasteiger partial charge on any atom is 0.0590 e. The van der Waals surface area contributed by atoms with Crippen molar-refractivity contribution in [3.05, 3.63) is 0 Å². The summed E-state index contributed by atoms with van der Waals surface area (Å²) in [6.07, 6.45) is 7.79. The van der Waals surface area contributed by atoms with E-state index in [0.29, 0.717) is 0 Å². The molecule has 1 aliphatic carbocycles. The minimum absolute atomic E-state index is 0.175. The van der Waals surface area contributed by atoms with Crippen LogP contribution in [0.2, 0.25) is 0 Å². The minimum atomic E-state index is 0.175. The van der Waals surface area contributed by atoms with Crippen LogP contribution in [0.3, 0.4) is 0 Å². The van der Waals surface area contributed by atoms with E-state index in [4.69, 9.17) is 10.5 Å². The molecule has 0 radical (unpaired) electrons. The van der Waals surface area contributed by atoms with Gasteiger partial charge in [0, 0.05) is 31.8 Å². The molecule has 1 unspecified atom stereocenters. The molecule has 0 heterocycles. The van der Waals surface area contributed by atoms with Gasteiger partial charge in [-0.3, -0.25) is 4.90 Å². The molecule has 0 aromatic rings. The fourth-order valence-corrected chi connectivity index (χ4v) is 2.59. The highest BCUT2D eigenvalue weighted by molar-refractivity contribution is 4.96. The Morgan fingerprint density at radius 3 is 2.53 bits per heavy atom. The molecule has 3 nitrogen and oxygen atoms in total. The highest BCUT2D eigenvalue weighted by Crippen LogP contribution is 2.34. The van der Waals surface area contributed by atoms with Crippen LogP contribution >= 0.6 is 0 Å². The molecular weight excluding hydrogens is 212 g/mol. The maximum absolute atomic E-state index is 6.04. The van der Waals surface area contributed by atoms with Crippen molar-refractivity contribution in [2.45, 2.75) is 64.0 Å². The molecule has 1 fully saturated rings. The molecule has 1 saturated carbocycles. The van der Waals surface area contributed by atoms with Crippen molar-refractivity contribution in [2.75, 3.05) is 26.8 Å². The summed E-state index contributed by atoms with van der Waals surface area (Å²) in [5.74, 6) is 0. The number of nitrogens with two attached hydrogens (primary N) is 1. The van der Waals surface area contributed by atoms with Crippen LogP contribution in [0.15, 0.2) is 0 Å². The van der Waals surface area contributed by atoms with Crippen LogP contribution in [-0.2, 0) is 4.74 Å². The Kier molecular flexibility index (Phi) is 6.45. The topological polar surface area (TPSA) is 38.5 Å². The normalized spacial score (nSPS) is 19.6. The lowest BCUT2D eigenvalue weighted by Crippen LogP contribution is -2.53. The molecule has 2 N–H and O–H groups in total. The maximum atomic E-state index is 6.04. The Hall–Kier alpha value is -0.120. The van der Waals surface area contributed by atoms with E-state index in [0.717, 1.165) is 25.7 Å². The van der Waals surface area contributed by atoms with E-state index in [1.165, 1.54) is 38.5 Å². The molecule has 1 rings (SSSR count). The molecule has 0 aliphatic heterocycles. The van der Waals surface area contributed by atoms with Gasteiger partial charge in [0.05, 0.1) is 6.61 Å². The molecule has 0 spiro atoms. The first kappa shape index (κ1) is 14.9. The molecule has 0 aromatic carbocycles. The minimum Gasteiger partial charge on any atom is -0.383 e. The number of hydrogen-bond donors (Lipinski definition) is 1. The average molecular weight is 242 g/mol. The lowest BCUT2D eigenvalue weighted by Gasteiger charge is -2.41. The zero-order valence-corrected chi connectivity index (χ0v) is 11.9. The van der Waals surface area contributed by atoms with Crippen LogP contribution in [-0.4, -0.2) is 43.3 Å². The van der Waals surface area contributed by atoms with Gasteiger partial charge in [0.25, 0.3) is 0 Å². The Balaban J connectivity index is 2.51. The van der Waals surface area contributed by atoms with Crippen molar-refractivity contribution in [3.63, 3.8) is 0 Å². The van der Waals surface area contributed by atoms with E-state index in [2.05, 4.69) is 18.7 Å². The fraction of sp³-hybridized carbons (Fsp3) is 1.00. The number of methoxy groups -OCH3 is 1. The second kappa shape index (κ2) is 7.34. The van der Waals surface area contributed by atoms with Crippen LogP contribution in [0, 0.1) is 0 Å². The Labute approximate surface area is 107 Å². The number of nitrogens with zero attached hydrogens (tertiary/aromatic N) is 1. The van der Waals surface area contributed by atoms with Crippen LogP contribution in [0.5, 0.6) is 0 Å². The second-order valence-corrected chi connectivity index (χ2v) is 5.58. The molecule has 1 atom stereocenters. The summed E-state index contributed by atoms with van der Waals surface area (Å²) in [5, 5.41) is 0. The van der Waals surface area contributed by atoms with Crippen LogP contribution in [0.4, 0.5) is 0 Å². The molecule has 0 aromatic heterocycles. The number of ether oxygens (including phenoxy) is 1. The molecule has 3 heteroatoms. The largest absolute Gasteiger partial charge is 0.383 e. The zero-order chi connectivity index (χ0) is 12.7. The van der Waals surface area contributed by atoms with Gasteiger partial charge in [-0.25, -0.2) is 0 Å². The van der Waals surface area contributed by atoms with E-state index >= 15 is 0 Å². The summed E-state index contributed by atoms with van der Waals surface area (Å²) >= 11 is 0. The highest BCUT2D eigenvalue weighted by atomic mass is 16.5. The average Bonchev–Trinajstić information content (AvgIpc) is 3.14. The van der Waals surface area contributed by atoms with Crippen LogP contribution in [0.25, 0.3) is 0 Å². The van der Waals surface area contributed by atoms with Crippen LogP contribution in [0.1, 0.15) is 52.4 Å². The van der Waals surface area contributed by atoms with E-state index in [1.54, 1.807) is 7.11 Å². The van der Waals surface area contributed by atoms with E-state index in [-0.39, 0.29) is 5.54 Å². The van der Waals surface area contributed by atoms with Gasteiger partial charge >= 0.3 is 0 Å². The molecule has 17 heavy (non-hydrogen) atoms. The summed E-state index contributed by atoms with van der Waals surface area (Å²) in [5.41, 5.74) is 6.22. The molecule has 0 saturated heterocycles. The zero-order valence-electron chi connectivity index (χ0n) is 11.9. The Morgan fingerprint density at radius 1 is 1.35 bits per heavy atom. The summed E-state index contributed by atoms with van der Waals surface area (Å²) < 4.78 is 5.23.